The van der Waals surface area contributed by atoms with Gasteiger partial charge in [0, 0.05) is 56.4 Å². The van der Waals surface area contributed by atoms with Gasteiger partial charge >= 0.3 is 0 Å². The van der Waals surface area contributed by atoms with Crippen LogP contribution in [0, 0.1) is 23.2 Å². The third-order valence-corrected chi connectivity index (χ3v) is 10.1. The highest BCUT2D eigenvalue weighted by Crippen LogP contribution is 2.28. The van der Waals surface area contributed by atoms with E-state index in [1.165, 1.54) is 11.3 Å². The molecule has 5 amide bonds. The summed E-state index contributed by atoms with van der Waals surface area (Å²) < 4.78 is 6.04. The van der Waals surface area contributed by atoms with Crippen LogP contribution >= 0.6 is 0 Å². The number of nitrogens with zero attached hydrogens (tertiary/aromatic N) is 2. The Hall–Kier alpha value is -4.62. The van der Waals surface area contributed by atoms with Crippen LogP contribution < -0.4 is 26.6 Å². The van der Waals surface area contributed by atoms with E-state index in [9.17, 15) is 28.8 Å². The summed E-state index contributed by atoms with van der Waals surface area (Å²) in [4.78, 5) is 79.3. The number of hydrogen-bond acceptors (Lipinski definition) is 8. The van der Waals surface area contributed by atoms with Gasteiger partial charge < -0.3 is 41.0 Å². The summed E-state index contributed by atoms with van der Waals surface area (Å²) in [6.07, 6.45) is 4.24. The molecule has 2 atom stereocenters. The number of rotatable bonds is 23. The number of carbonyl (C=O) groups is 6. The van der Waals surface area contributed by atoms with E-state index in [0.29, 0.717) is 49.0 Å². The normalized spacial score (nSPS) is 12.5. The van der Waals surface area contributed by atoms with Crippen LogP contribution in [0.3, 0.4) is 0 Å². The molecule has 0 aliphatic carbocycles. The van der Waals surface area contributed by atoms with Gasteiger partial charge in [0.25, 0.3) is 0 Å². The van der Waals surface area contributed by atoms with Crippen molar-refractivity contribution in [1.82, 2.24) is 15.5 Å². The van der Waals surface area contributed by atoms with Gasteiger partial charge in [0.1, 0.15) is 12.3 Å². The van der Waals surface area contributed by atoms with Crippen molar-refractivity contribution in [2.75, 3.05) is 44.0 Å². The van der Waals surface area contributed by atoms with Gasteiger partial charge in [-0.1, -0.05) is 80.0 Å². The van der Waals surface area contributed by atoms with Crippen molar-refractivity contribution in [1.29, 1.82) is 0 Å². The number of hydrogen-bond donors (Lipinski definition) is 4. The molecule has 0 bridgehead atoms. The van der Waals surface area contributed by atoms with Crippen LogP contribution in [-0.4, -0.2) is 86.2 Å². The van der Waals surface area contributed by atoms with E-state index < -0.39 is 29.2 Å². The average Bonchev–Trinajstić information content (AvgIpc) is 3.16. The zero-order valence-corrected chi connectivity index (χ0v) is 38.8. The van der Waals surface area contributed by atoms with Crippen LogP contribution in [-0.2, 0) is 52.9 Å². The molecule has 0 aromatic heterocycles. The fraction of sp³-hybridized carbons (Fsp3) is 0.617. The van der Waals surface area contributed by atoms with Gasteiger partial charge in [0.15, 0.2) is 0 Å². The largest absolute Gasteiger partial charge is 0.375 e. The third kappa shape index (κ3) is 18.8. The molecule has 60 heavy (non-hydrogen) atoms. The highest BCUT2D eigenvalue weighted by Gasteiger charge is 2.32. The predicted molar refractivity (Wildman–Crippen MR) is 241 cm³/mol. The van der Waals surface area contributed by atoms with Gasteiger partial charge in [-0.15, -0.1) is 0 Å². The highest BCUT2D eigenvalue weighted by atomic mass is 16.5. The molecule has 2 unspecified atom stereocenters. The minimum Gasteiger partial charge on any atom is -0.375 e. The maximum Gasteiger partial charge on any atom is 0.246 e. The molecule has 0 fully saturated rings. The lowest BCUT2D eigenvalue weighted by Crippen LogP contribution is -2.46. The summed E-state index contributed by atoms with van der Waals surface area (Å²) in [7, 11) is 3.44. The zero-order valence-electron chi connectivity index (χ0n) is 38.8. The van der Waals surface area contributed by atoms with Gasteiger partial charge in [0.05, 0.1) is 18.6 Å². The van der Waals surface area contributed by atoms with Gasteiger partial charge in [0.2, 0.25) is 29.5 Å². The number of benzene rings is 2. The molecule has 2 aromatic carbocycles. The summed E-state index contributed by atoms with van der Waals surface area (Å²) in [5.41, 5.74) is 8.54. The molecule has 13 heteroatoms. The van der Waals surface area contributed by atoms with Crippen LogP contribution in [0.1, 0.15) is 119 Å². The molecule has 0 saturated heterocycles. The Bertz CT molecular complexity index is 1690. The molecule has 0 heterocycles. The van der Waals surface area contributed by atoms with E-state index in [1.54, 1.807) is 50.2 Å². The Kier molecular flexibility index (Phi) is 23.0. The second kappa shape index (κ2) is 25.9. The van der Waals surface area contributed by atoms with Crippen LogP contribution in [0.4, 0.5) is 11.4 Å². The summed E-state index contributed by atoms with van der Waals surface area (Å²) in [6.45, 7) is 22.7. The molecular weight excluding hydrogens is 761 g/mol. The second-order valence-electron chi connectivity index (χ2n) is 17.8. The molecule has 336 valence electrons. The standard InChI is InChI=1S/C44H68N6O7.C3H8/c1-29(2)24-33-14-15-35(26-34(33)28-49(10)42(56)43(6,7)20-23-57-44(8,9)19-21-45)48-40(54)31(5)47-39(53)27-46-38(52)25-32-12-16-36(17-13-32)50(11)41(55)37(18-22-51)30(3)4;1-3-2/h12-17,22,26,29-31,37H,18-21,23-25,27-28,45H2,1-11H3,(H,46,52)(H,47,53)(H,48,54);3H2,1-2H3. The maximum atomic E-state index is 13.6. The van der Waals surface area contributed by atoms with Gasteiger partial charge in [-0.2, -0.15) is 0 Å². The quantitative estimate of drug-likeness (QED) is 0.0923. The Morgan fingerprint density at radius 1 is 0.867 bits per heavy atom. The summed E-state index contributed by atoms with van der Waals surface area (Å²) in [5, 5.41) is 8.10. The van der Waals surface area contributed by atoms with E-state index in [2.05, 4.69) is 43.6 Å². The summed E-state index contributed by atoms with van der Waals surface area (Å²) in [5.74, 6) is -1.56. The van der Waals surface area contributed by atoms with Gasteiger partial charge in [-0.25, -0.2) is 0 Å². The highest BCUT2D eigenvalue weighted by molar-refractivity contribution is 5.98. The molecular formula is C47H76N6O7. The smallest absolute Gasteiger partial charge is 0.246 e. The molecule has 2 aromatic rings. The minimum absolute atomic E-state index is 0.00918. The van der Waals surface area contributed by atoms with E-state index >= 15 is 0 Å². The topological polar surface area (TPSA) is 180 Å². The number of carbonyl (C=O) groups excluding carboxylic acids is 6. The van der Waals surface area contributed by atoms with Gasteiger partial charge in [-0.3, -0.25) is 24.0 Å². The van der Waals surface area contributed by atoms with Crippen LogP contribution in [0.15, 0.2) is 42.5 Å². The van der Waals surface area contributed by atoms with E-state index in [1.807, 2.05) is 59.7 Å². The molecule has 0 spiro atoms. The molecule has 2 rings (SSSR count). The van der Waals surface area contributed by atoms with Crippen molar-refractivity contribution in [3.63, 3.8) is 0 Å². The Morgan fingerprint density at radius 2 is 1.48 bits per heavy atom. The van der Waals surface area contributed by atoms with E-state index in [4.69, 9.17) is 10.5 Å². The number of amides is 5. The van der Waals surface area contributed by atoms with Crippen molar-refractivity contribution in [3.05, 3.63) is 59.2 Å². The van der Waals surface area contributed by atoms with Crippen molar-refractivity contribution in [3.8, 4) is 0 Å². The van der Waals surface area contributed by atoms with E-state index in [0.717, 1.165) is 30.3 Å². The number of aldehydes is 1. The van der Waals surface area contributed by atoms with Crippen LogP contribution in [0.25, 0.3) is 0 Å². The SMILES string of the molecule is CC(C)Cc1ccc(NC(=O)C(C)NC(=O)CNC(=O)Cc2ccc(N(C)C(=O)C(CC=O)C(C)C)cc2)cc1CN(C)C(=O)C(C)(C)CCOC(C)(C)CCN.CCC. The van der Waals surface area contributed by atoms with Crippen molar-refractivity contribution >= 4 is 47.2 Å². The lowest BCUT2D eigenvalue weighted by Gasteiger charge is -2.32. The summed E-state index contributed by atoms with van der Waals surface area (Å²) in [6, 6.07) is 11.7. The van der Waals surface area contributed by atoms with Crippen LogP contribution in [0.2, 0.25) is 0 Å². The molecule has 0 saturated carbocycles. The molecule has 5 N–H and O–H groups in total. The monoisotopic (exact) mass is 837 g/mol. The Morgan fingerprint density at radius 3 is 2.03 bits per heavy atom. The molecule has 0 aliphatic heterocycles. The zero-order chi connectivity index (χ0) is 45.8. The maximum absolute atomic E-state index is 13.6. The Labute approximate surface area is 360 Å². The predicted octanol–water partition coefficient (Wildman–Crippen LogP) is 6.45. The first kappa shape index (κ1) is 53.4. The molecule has 0 radical (unpaired) electrons. The number of anilines is 2. The van der Waals surface area contributed by atoms with Crippen molar-refractivity contribution in [2.24, 2.45) is 28.9 Å². The first-order chi connectivity index (χ1) is 28.0. The van der Waals surface area contributed by atoms with Crippen LogP contribution in [0.5, 0.6) is 0 Å². The Balaban J connectivity index is 0.00000581. The fourth-order valence-corrected chi connectivity index (χ4v) is 6.45. The summed E-state index contributed by atoms with van der Waals surface area (Å²) >= 11 is 0. The minimum atomic E-state index is -0.899. The number of nitrogens with one attached hydrogen (secondary N) is 3. The first-order valence-corrected chi connectivity index (χ1v) is 21.4. The van der Waals surface area contributed by atoms with Crippen molar-refractivity contribution in [2.45, 2.75) is 133 Å². The molecule has 13 nitrogen and oxygen atoms in total. The van der Waals surface area contributed by atoms with Crippen molar-refractivity contribution < 1.29 is 33.5 Å². The number of nitrogens with two attached hydrogens (primary N) is 1. The lowest BCUT2D eigenvalue weighted by atomic mass is 9.87. The fourth-order valence-electron chi connectivity index (χ4n) is 6.45. The van der Waals surface area contributed by atoms with E-state index in [-0.39, 0.29) is 48.6 Å². The average molecular weight is 837 g/mol. The lowest BCUT2D eigenvalue weighted by molar-refractivity contribution is -0.141. The third-order valence-electron chi connectivity index (χ3n) is 10.1. The second-order valence-corrected chi connectivity index (χ2v) is 17.8. The molecule has 0 aliphatic rings. The van der Waals surface area contributed by atoms with Gasteiger partial charge in [-0.05, 0) is 99.4 Å². The number of ether oxygens (including phenoxy) is 1. The first-order valence-electron chi connectivity index (χ1n) is 21.4.